The van der Waals surface area contributed by atoms with Crippen LogP contribution in [0.25, 0.3) is 0 Å². The third kappa shape index (κ3) is 3.52. The minimum atomic E-state index is -0.866. The molecule has 0 spiro atoms. The number of carbonyl (C=O) groups is 2. The van der Waals surface area contributed by atoms with Crippen LogP contribution in [0, 0.1) is 22.7 Å². The van der Waals surface area contributed by atoms with E-state index in [1.54, 1.807) is 30.4 Å². The van der Waals surface area contributed by atoms with E-state index in [1.807, 2.05) is 18.2 Å². The fourth-order valence-electron chi connectivity index (χ4n) is 5.54. The first-order valence-electron chi connectivity index (χ1n) is 11.7. The van der Waals surface area contributed by atoms with Crippen molar-refractivity contribution in [2.75, 3.05) is 23.8 Å². The van der Waals surface area contributed by atoms with Gasteiger partial charge in [-0.1, -0.05) is 18.9 Å². The number of pyridine rings is 2. The topological polar surface area (TPSA) is 111 Å². The average Bonchev–Trinajstić information content (AvgIpc) is 3.48. The molecule has 0 aromatic carbocycles. The first-order chi connectivity index (χ1) is 16.0. The molecule has 0 radical (unpaired) electrons. The third-order valence-electron chi connectivity index (χ3n) is 7.58. The van der Waals surface area contributed by atoms with E-state index in [1.165, 1.54) is 0 Å². The Hall–Kier alpha value is -3.47. The highest BCUT2D eigenvalue weighted by molar-refractivity contribution is 6.02. The predicted molar refractivity (Wildman–Crippen MR) is 124 cm³/mol. The van der Waals surface area contributed by atoms with Crippen molar-refractivity contribution in [1.82, 2.24) is 15.3 Å². The zero-order chi connectivity index (χ0) is 23.1. The molecule has 8 heteroatoms. The van der Waals surface area contributed by atoms with Crippen molar-refractivity contribution < 1.29 is 9.59 Å². The van der Waals surface area contributed by atoms with Crippen molar-refractivity contribution in [3.63, 3.8) is 0 Å². The second-order valence-electron chi connectivity index (χ2n) is 9.39. The molecule has 2 amide bonds. The van der Waals surface area contributed by atoms with Crippen molar-refractivity contribution in [3.05, 3.63) is 42.2 Å². The average molecular weight is 445 g/mol. The van der Waals surface area contributed by atoms with Crippen molar-refractivity contribution >= 4 is 29.1 Å². The van der Waals surface area contributed by atoms with Crippen LogP contribution in [0.3, 0.4) is 0 Å². The van der Waals surface area contributed by atoms with Crippen LogP contribution in [0.4, 0.5) is 17.3 Å². The summed E-state index contributed by atoms with van der Waals surface area (Å²) in [6, 6.07) is 9.76. The van der Waals surface area contributed by atoms with Crippen LogP contribution in [0.2, 0.25) is 0 Å². The SMILES string of the molecule is CNC(=O)C1(c2ccc(Nc3cc(N4CC[C@@](C#N)(C5CC5)C4=O)ccn3)nc2)CCCC1. The van der Waals surface area contributed by atoms with Crippen LogP contribution in [0.5, 0.6) is 0 Å². The van der Waals surface area contributed by atoms with Gasteiger partial charge in [0.25, 0.3) is 0 Å². The molecule has 0 unspecified atom stereocenters. The van der Waals surface area contributed by atoms with Gasteiger partial charge >= 0.3 is 0 Å². The second-order valence-corrected chi connectivity index (χ2v) is 9.39. The number of rotatable bonds is 6. The number of nitriles is 1. The molecule has 8 nitrogen and oxygen atoms in total. The molecule has 33 heavy (non-hydrogen) atoms. The molecule has 2 saturated carbocycles. The Morgan fingerprint density at radius 1 is 1.15 bits per heavy atom. The van der Waals surface area contributed by atoms with Gasteiger partial charge in [0.1, 0.15) is 17.1 Å². The summed E-state index contributed by atoms with van der Waals surface area (Å²) in [5, 5.41) is 15.7. The van der Waals surface area contributed by atoms with E-state index in [0.717, 1.165) is 49.8 Å². The number of likely N-dealkylation sites (N-methyl/N-ethyl adjacent to an activating group) is 1. The lowest BCUT2D eigenvalue weighted by atomic mass is 9.79. The molecule has 3 heterocycles. The van der Waals surface area contributed by atoms with Gasteiger partial charge in [0, 0.05) is 37.7 Å². The zero-order valence-electron chi connectivity index (χ0n) is 18.8. The van der Waals surface area contributed by atoms with Crippen LogP contribution in [0.15, 0.2) is 36.7 Å². The molecule has 2 aliphatic carbocycles. The van der Waals surface area contributed by atoms with Gasteiger partial charge in [0.2, 0.25) is 11.8 Å². The molecule has 170 valence electrons. The number of hydrogen-bond donors (Lipinski definition) is 2. The Labute approximate surface area is 193 Å². The van der Waals surface area contributed by atoms with Crippen molar-refractivity contribution in [2.45, 2.75) is 50.4 Å². The van der Waals surface area contributed by atoms with E-state index in [-0.39, 0.29) is 17.7 Å². The maximum atomic E-state index is 13.1. The summed E-state index contributed by atoms with van der Waals surface area (Å²) in [4.78, 5) is 36.3. The Kier molecular flexibility index (Phi) is 5.28. The van der Waals surface area contributed by atoms with Crippen molar-refractivity contribution in [2.24, 2.45) is 11.3 Å². The molecule has 5 rings (SSSR count). The molecule has 0 bridgehead atoms. The third-order valence-corrected chi connectivity index (χ3v) is 7.58. The lowest BCUT2D eigenvalue weighted by Crippen LogP contribution is -2.40. The number of hydrogen-bond acceptors (Lipinski definition) is 6. The van der Waals surface area contributed by atoms with E-state index < -0.39 is 10.8 Å². The summed E-state index contributed by atoms with van der Waals surface area (Å²) in [7, 11) is 1.68. The molecule has 2 aromatic rings. The van der Waals surface area contributed by atoms with Gasteiger partial charge in [-0.3, -0.25) is 9.59 Å². The predicted octanol–water partition coefficient (Wildman–Crippen LogP) is 3.43. The maximum Gasteiger partial charge on any atom is 0.247 e. The molecule has 1 atom stereocenters. The second kappa shape index (κ2) is 8.14. The van der Waals surface area contributed by atoms with E-state index in [2.05, 4.69) is 26.7 Å². The Balaban J connectivity index is 1.33. The first-order valence-corrected chi connectivity index (χ1v) is 11.7. The van der Waals surface area contributed by atoms with E-state index in [9.17, 15) is 14.9 Å². The number of carbonyl (C=O) groups excluding carboxylic acids is 2. The molecule has 3 aliphatic rings. The number of amides is 2. The van der Waals surface area contributed by atoms with Crippen LogP contribution in [-0.2, 0) is 15.0 Å². The fourth-order valence-corrected chi connectivity index (χ4v) is 5.54. The highest BCUT2D eigenvalue weighted by Gasteiger charge is 2.56. The highest BCUT2D eigenvalue weighted by atomic mass is 16.2. The van der Waals surface area contributed by atoms with Gasteiger partial charge in [0.15, 0.2) is 0 Å². The van der Waals surface area contributed by atoms with Gasteiger partial charge in [-0.2, -0.15) is 5.26 Å². The largest absolute Gasteiger partial charge is 0.358 e. The zero-order valence-corrected chi connectivity index (χ0v) is 18.8. The molecule has 3 fully saturated rings. The summed E-state index contributed by atoms with van der Waals surface area (Å²) in [5.74, 6) is 1.34. The molecule has 2 aromatic heterocycles. The van der Waals surface area contributed by atoms with Gasteiger partial charge in [0.05, 0.1) is 11.5 Å². The number of anilines is 3. The summed E-state index contributed by atoms with van der Waals surface area (Å²) >= 11 is 0. The van der Waals surface area contributed by atoms with Crippen molar-refractivity contribution in [1.29, 1.82) is 5.26 Å². The van der Waals surface area contributed by atoms with Gasteiger partial charge in [-0.05, 0) is 55.7 Å². The van der Waals surface area contributed by atoms with E-state index in [0.29, 0.717) is 24.6 Å². The highest BCUT2D eigenvalue weighted by Crippen LogP contribution is 2.52. The molecule has 1 saturated heterocycles. The molecule has 2 N–H and O–H groups in total. The molecular formula is C25H28N6O2. The van der Waals surface area contributed by atoms with E-state index >= 15 is 0 Å². The first kappa shape index (κ1) is 21.4. The minimum Gasteiger partial charge on any atom is -0.358 e. The monoisotopic (exact) mass is 444 g/mol. The smallest absolute Gasteiger partial charge is 0.247 e. The lowest BCUT2D eigenvalue weighted by Gasteiger charge is -2.27. The van der Waals surface area contributed by atoms with Gasteiger partial charge in [-0.25, -0.2) is 9.97 Å². The van der Waals surface area contributed by atoms with Crippen molar-refractivity contribution in [3.8, 4) is 6.07 Å². The minimum absolute atomic E-state index is 0.0480. The molecule has 1 aliphatic heterocycles. The number of nitrogens with one attached hydrogen (secondary N) is 2. The Morgan fingerprint density at radius 2 is 1.94 bits per heavy atom. The lowest BCUT2D eigenvalue weighted by molar-refractivity contribution is -0.126. The summed E-state index contributed by atoms with van der Waals surface area (Å²) in [6.45, 7) is 0.543. The quantitative estimate of drug-likeness (QED) is 0.706. The summed E-state index contributed by atoms with van der Waals surface area (Å²) < 4.78 is 0. The Bertz CT molecular complexity index is 1110. The Morgan fingerprint density at radius 3 is 2.58 bits per heavy atom. The number of nitrogens with zero attached hydrogens (tertiary/aromatic N) is 4. The van der Waals surface area contributed by atoms with Gasteiger partial charge < -0.3 is 15.5 Å². The summed E-state index contributed by atoms with van der Waals surface area (Å²) in [6.07, 6.45) is 9.65. The van der Waals surface area contributed by atoms with E-state index in [4.69, 9.17) is 0 Å². The normalized spacial score (nSPS) is 23.9. The molecular weight excluding hydrogens is 416 g/mol. The van der Waals surface area contributed by atoms with Crippen LogP contribution >= 0.6 is 0 Å². The fraction of sp³-hybridized carbons (Fsp3) is 0.480. The summed E-state index contributed by atoms with van der Waals surface area (Å²) in [5.41, 5.74) is 0.303. The van der Waals surface area contributed by atoms with Crippen LogP contribution in [-0.4, -0.2) is 35.4 Å². The maximum absolute atomic E-state index is 13.1. The van der Waals surface area contributed by atoms with Crippen LogP contribution < -0.4 is 15.5 Å². The van der Waals surface area contributed by atoms with Crippen LogP contribution in [0.1, 0.15) is 50.5 Å². The van der Waals surface area contributed by atoms with Gasteiger partial charge in [-0.15, -0.1) is 0 Å². The number of aromatic nitrogens is 2. The standard InChI is InChI=1S/C25H28N6O2/c1-27-22(32)24(9-2-3-10-24)18-6-7-20(29-15-18)30-21-14-19(8-12-28-21)31-13-11-25(16-26,23(31)33)17-4-5-17/h6-8,12,14-15,17H,2-5,9-11,13H2,1H3,(H,27,32)(H,28,29,30)/t25-/m1/s1.